The quantitative estimate of drug-likeness (QED) is 0.634. The summed E-state index contributed by atoms with van der Waals surface area (Å²) in [5.74, 6) is 0.692. The van der Waals surface area contributed by atoms with Crippen LogP contribution in [0.25, 0.3) is 0 Å². The zero-order chi connectivity index (χ0) is 11.3. The van der Waals surface area contributed by atoms with Crippen molar-refractivity contribution in [1.29, 1.82) is 0 Å². The Kier molecular flexibility index (Phi) is 5.58. The molecule has 1 unspecified atom stereocenters. The maximum atomic E-state index is 9.84. The Morgan fingerprint density at radius 1 is 1.33 bits per heavy atom. The van der Waals surface area contributed by atoms with Crippen molar-refractivity contribution in [3.05, 3.63) is 0 Å². The zero-order valence-electron chi connectivity index (χ0n) is 10.4. The number of rotatable bonds is 8. The van der Waals surface area contributed by atoms with E-state index in [1.54, 1.807) is 0 Å². The highest BCUT2D eigenvalue weighted by molar-refractivity contribution is 4.86. The molecule has 2 N–H and O–H groups in total. The van der Waals surface area contributed by atoms with Gasteiger partial charge < -0.3 is 10.4 Å². The minimum atomic E-state index is -0.218. The fraction of sp³-hybridized carbons (Fsp3) is 1.00. The molecule has 1 saturated carbocycles. The lowest BCUT2D eigenvalue weighted by Crippen LogP contribution is -2.41. The molecule has 0 aliphatic heterocycles. The van der Waals surface area contributed by atoms with Crippen molar-refractivity contribution in [2.45, 2.75) is 45.8 Å². The van der Waals surface area contributed by atoms with Gasteiger partial charge >= 0.3 is 0 Å². The van der Waals surface area contributed by atoms with Crippen LogP contribution in [0.4, 0.5) is 0 Å². The first-order chi connectivity index (χ1) is 7.13. The predicted octanol–water partition coefficient (Wildman–Crippen LogP) is 1.08. The first-order valence-electron chi connectivity index (χ1n) is 6.26. The van der Waals surface area contributed by atoms with Crippen molar-refractivity contribution in [2.24, 2.45) is 5.92 Å². The molecular formula is C12H26N2O. The highest BCUT2D eigenvalue weighted by Crippen LogP contribution is 2.27. The lowest BCUT2D eigenvalue weighted by atomic mass is 10.2. The summed E-state index contributed by atoms with van der Waals surface area (Å²) in [6, 6.07) is 0.753. The zero-order valence-corrected chi connectivity index (χ0v) is 10.4. The molecule has 3 heteroatoms. The Labute approximate surface area is 93.9 Å². The highest BCUT2D eigenvalue weighted by atomic mass is 16.3. The Morgan fingerprint density at radius 3 is 2.47 bits per heavy atom. The number of likely N-dealkylation sites (N-methyl/N-ethyl adjacent to an activating group) is 1. The number of nitrogens with one attached hydrogen (secondary N) is 1. The minimum absolute atomic E-state index is 0.218. The van der Waals surface area contributed by atoms with Gasteiger partial charge in [-0.05, 0) is 25.3 Å². The second kappa shape index (κ2) is 6.46. The maximum Gasteiger partial charge on any atom is 0.0791 e. The third-order valence-electron chi connectivity index (χ3n) is 2.74. The summed E-state index contributed by atoms with van der Waals surface area (Å²) in [5.41, 5.74) is 0. The second-order valence-corrected chi connectivity index (χ2v) is 5.04. The van der Waals surface area contributed by atoms with Crippen LogP contribution >= 0.6 is 0 Å². The normalized spacial score (nSPS) is 18.8. The Hall–Kier alpha value is -0.120. The van der Waals surface area contributed by atoms with E-state index in [1.165, 1.54) is 12.8 Å². The average Bonchev–Trinajstić information content (AvgIpc) is 2.96. The summed E-state index contributed by atoms with van der Waals surface area (Å²) in [7, 11) is 0. The predicted molar refractivity (Wildman–Crippen MR) is 64.0 cm³/mol. The first-order valence-corrected chi connectivity index (χ1v) is 6.26. The van der Waals surface area contributed by atoms with Gasteiger partial charge in [0, 0.05) is 25.7 Å². The molecule has 0 amide bonds. The van der Waals surface area contributed by atoms with E-state index in [1.807, 2.05) is 0 Å². The van der Waals surface area contributed by atoms with Gasteiger partial charge in [0.05, 0.1) is 6.10 Å². The van der Waals surface area contributed by atoms with E-state index in [9.17, 15) is 5.11 Å². The van der Waals surface area contributed by atoms with E-state index in [4.69, 9.17) is 0 Å². The van der Waals surface area contributed by atoms with Crippen LogP contribution in [0.1, 0.15) is 33.6 Å². The molecular weight excluding hydrogens is 188 g/mol. The molecule has 1 atom stereocenters. The molecule has 1 aliphatic carbocycles. The van der Waals surface area contributed by atoms with Gasteiger partial charge in [-0.1, -0.05) is 20.8 Å². The van der Waals surface area contributed by atoms with Crippen LogP contribution in [0, 0.1) is 5.92 Å². The van der Waals surface area contributed by atoms with Gasteiger partial charge in [-0.3, -0.25) is 4.90 Å². The van der Waals surface area contributed by atoms with Crippen LogP contribution in [0.15, 0.2) is 0 Å². The van der Waals surface area contributed by atoms with Crippen LogP contribution in [0.2, 0.25) is 0 Å². The van der Waals surface area contributed by atoms with E-state index < -0.39 is 0 Å². The number of aliphatic hydroxyl groups excluding tert-OH is 1. The standard InChI is InChI=1S/C12H26N2O/c1-4-13-7-12(15)9-14(8-10(2)3)11-5-6-11/h10-13,15H,4-9H2,1-3H3. The van der Waals surface area contributed by atoms with Gasteiger partial charge in [0.2, 0.25) is 0 Å². The van der Waals surface area contributed by atoms with Crippen molar-refractivity contribution in [3.63, 3.8) is 0 Å². The molecule has 1 aliphatic rings. The summed E-state index contributed by atoms with van der Waals surface area (Å²) in [6.07, 6.45) is 2.42. The van der Waals surface area contributed by atoms with Crippen LogP contribution in [-0.2, 0) is 0 Å². The van der Waals surface area contributed by atoms with Gasteiger partial charge in [0.1, 0.15) is 0 Å². The second-order valence-electron chi connectivity index (χ2n) is 5.04. The molecule has 0 aromatic carbocycles. The largest absolute Gasteiger partial charge is 0.390 e. The maximum absolute atomic E-state index is 9.84. The van der Waals surface area contributed by atoms with Crippen molar-refractivity contribution < 1.29 is 5.11 Å². The fourth-order valence-corrected chi connectivity index (χ4v) is 1.93. The molecule has 0 bridgehead atoms. The molecule has 3 nitrogen and oxygen atoms in total. The molecule has 1 fully saturated rings. The van der Waals surface area contributed by atoms with Crippen molar-refractivity contribution >= 4 is 0 Å². The first kappa shape index (κ1) is 12.9. The third kappa shape index (κ3) is 5.50. The topological polar surface area (TPSA) is 35.5 Å². The molecule has 0 aromatic rings. The van der Waals surface area contributed by atoms with Crippen molar-refractivity contribution in [3.8, 4) is 0 Å². The fourth-order valence-electron chi connectivity index (χ4n) is 1.93. The number of nitrogens with zero attached hydrogens (tertiary/aromatic N) is 1. The van der Waals surface area contributed by atoms with E-state index in [2.05, 4.69) is 31.0 Å². The van der Waals surface area contributed by atoms with Crippen LogP contribution in [-0.4, -0.2) is 48.3 Å². The minimum Gasteiger partial charge on any atom is -0.390 e. The smallest absolute Gasteiger partial charge is 0.0791 e. The van der Waals surface area contributed by atoms with E-state index >= 15 is 0 Å². The number of hydrogen-bond donors (Lipinski definition) is 2. The molecule has 0 radical (unpaired) electrons. The molecule has 0 aromatic heterocycles. The van der Waals surface area contributed by atoms with E-state index in [-0.39, 0.29) is 6.10 Å². The van der Waals surface area contributed by atoms with Crippen LogP contribution in [0.5, 0.6) is 0 Å². The SMILES string of the molecule is CCNCC(O)CN(CC(C)C)C1CC1. The summed E-state index contributed by atoms with van der Waals surface area (Å²) in [4.78, 5) is 2.45. The molecule has 15 heavy (non-hydrogen) atoms. The molecule has 0 saturated heterocycles. The van der Waals surface area contributed by atoms with Gasteiger partial charge in [0.15, 0.2) is 0 Å². The van der Waals surface area contributed by atoms with Gasteiger partial charge in [-0.15, -0.1) is 0 Å². The Morgan fingerprint density at radius 2 is 2.00 bits per heavy atom. The van der Waals surface area contributed by atoms with E-state index in [0.29, 0.717) is 5.92 Å². The lowest BCUT2D eigenvalue weighted by Gasteiger charge is -2.26. The highest BCUT2D eigenvalue weighted by Gasteiger charge is 2.30. The molecule has 0 spiro atoms. The van der Waals surface area contributed by atoms with Crippen LogP contribution in [0.3, 0.4) is 0 Å². The molecule has 0 heterocycles. The summed E-state index contributed by atoms with van der Waals surface area (Å²) >= 11 is 0. The monoisotopic (exact) mass is 214 g/mol. The van der Waals surface area contributed by atoms with Crippen LogP contribution < -0.4 is 5.32 Å². The Bertz CT molecular complexity index is 169. The van der Waals surface area contributed by atoms with E-state index in [0.717, 1.165) is 32.2 Å². The molecule has 1 rings (SSSR count). The summed E-state index contributed by atoms with van der Waals surface area (Å²) in [5, 5.41) is 13.0. The number of hydrogen-bond acceptors (Lipinski definition) is 3. The lowest BCUT2D eigenvalue weighted by molar-refractivity contribution is 0.100. The summed E-state index contributed by atoms with van der Waals surface area (Å²) < 4.78 is 0. The average molecular weight is 214 g/mol. The van der Waals surface area contributed by atoms with Crippen molar-refractivity contribution in [1.82, 2.24) is 10.2 Å². The van der Waals surface area contributed by atoms with Gasteiger partial charge in [-0.25, -0.2) is 0 Å². The van der Waals surface area contributed by atoms with Gasteiger partial charge in [0.25, 0.3) is 0 Å². The van der Waals surface area contributed by atoms with Gasteiger partial charge in [-0.2, -0.15) is 0 Å². The third-order valence-corrected chi connectivity index (χ3v) is 2.74. The Balaban J connectivity index is 2.23. The molecule has 90 valence electrons. The van der Waals surface area contributed by atoms with Crippen molar-refractivity contribution in [2.75, 3.05) is 26.2 Å². The number of aliphatic hydroxyl groups is 1. The summed E-state index contributed by atoms with van der Waals surface area (Å²) in [6.45, 7) is 10.2.